The van der Waals surface area contributed by atoms with Gasteiger partial charge in [0.05, 0.1) is 10.0 Å². The largest absolute Gasteiger partial charge is 0.482 e. The molecule has 0 spiro atoms. The molecule has 0 saturated carbocycles. The van der Waals surface area contributed by atoms with Crippen molar-refractivity contribution in [1.29, 1.82) is 0 Å². The van der Waals surface area contributed by atoms with E-state index in [1.54, 1.807) is 0 Å². The molecule has 2 rings (SSSR count). The second-order valence-corrected chi connectivity index (χ2v) is 4.73. The molecule has 20 heavy (non-hydrogen) atoms. The van der Waals surface area contributed by atoms with Crippen molar-refractivity contribution in [3.8, 4) is 5.75 Å². The first-order valence-corrected chi connectivity index (χ1v) is 6.29. The predicted octanol–water partition coefficient (Wildman–Crippen LogP) is 4.53. The van der Waals surface area contributed by atoms with Crippen LogP contribution < -0.4 is 4.74 Å². The molecule has 0 bridgehead atoms. The number of hydrogen-bond acceptors (Lipinski definition) is 2. The highest BCUT2D eigenvalue weighted by atomic mass is 35.5. The molecule has 2 nitrogen and oxygen atoms in total. The number of Topliss-reactive ketones (excluding diaryl/α,β-unsaturated/α-hetero) is 1. The van der Waals surface area contributed by atoms with E-state index >= 15 is 0 Å². The molecule has 0 unspecified atom stereocenters. The first-order valence-electron chi connectivity index (χ1n) is 5.53. The summed E-state index contributed by atoms with van der Waals surface area (Å²) in [7, 11) is 0. The van der Waals surface area contributed by atoms with Crippen LogP contribution in [0.1, 0.15) is 10.4 Å². The van der Waals surface area contributed by atoms with Crippen molar-refractivity contribution in [3.05, 3.63) is 63.6 Å². The van der Waals surface area contributed by atoms with Gasteiger partial charge in [-0.25, -0.2) is 8.78 Å². The smallest absolute Gasteiger partial charge is 0.200 e. The Bertz CT molecular complexity index is 660. The van der Waals surface area contributed by atoms with Crippen LogP contribution in [-0.2, 0) is 0 Å². The lowest BCUT2D eigenvalue weighted by atomic mass is 10.1. The summed E-state index contributed by atoms with van der Waals surface area (Å²) < 4.78 is 31.2. The number of carbonyl (C=O) groups is 1. The van der Waals surface area contributed by atoms with Gasteiger partial charge in [-0.2, -0.15) is 0 Å². The van der Waals surface area contributed by atoms with E-state index in [9.17, 15) is 13.6 Å². The Kier molecular flexibility index (Phi) is 4.57. The summed E-state index contributed by atoms with van der Waals surface area (Å²) in [6.45, 7) is -0.432. The summed E-state index contributed by atoms with van der Waals surface area (Å²) in [5, 5.41) is 0.551. The maximum atomic E-state index is 13.3. The van der Waals surface area contributed by atoms with Gasteiger partial charge in [-0.1, -0.05) is 23.2 Å². The Balaban J connectivity index is 2.08. The highest BCUT2D eigenvalue weighted by molar-refractivity contribution is 6.42. The summed E-state index contributed by atoms with van der Waals surface area (Å²) >= 11 is 11.5. The molecule has 0 radical (unpaired) electrons. The molecule has 0 N–H and O–H groups in total. The van der Waals surface area contributed by atoms with E-state index in [0.717, 1.165) is 18.2 Å². The average molecular weight is 317 g/mol. The molecular weight excluding hydrogens is 309 g/mol. The van der Waals surface area contributed by atoms with E-state index in [-0.39, 0.29) is 16.3 Å². The van der Waals surface area contributed by atoms with Crippen LogP contribution in [-0.4, -0.2) is 12.4 Å². The maximum Gasteiger partial charge on any atom is 0.200 e. The van der Waals surface area contributed by atoms with Crippen molar-refractivity contribution in [2.24, 2.45) is 0 Å². The van der Waals surface area contributed by atoms with Crippen LogP contribution in [0.3, 0.4) is 0 Å². The Morgan fingerprint density at radius 3 is 2.50 bits per heavy atom. The summed E-state index contributed by atoms with van der Waals surface area (Å²) in [6.07, 6.45) is 0. The lowest BCUT2D eigenvalue weighted by Crippen LogP contribution is -2.12. The van der Waals surface area contributed by atoms with Crippen LogP contribution in [0.5, 0.6) is 5.75 Å². The van der Waals surface area contributed by atoms with E-state index in [1.165, 1.54) is 18.2 Å². The van der Waals surface area contributed by atoms with Crippen molar-refractivity contribution in [1.82, 2.24) is 0 Å². The topological polar surface area (TPSA) is 26.3 Å². The number of hydrogen-bond donors (Lipinski definition) is 0. The van der Waals surface area contributed by atoms with Gasteiger partial charge in [0.15, 0.2) is 24.0 Å². The Hall–Kier alpha value is -1.65. The summed E-state index contributed by atoms with van der Waals surface area (Å²) in [5.74, 6) is -2.14. The SMILES string of the molecule is O=C(COc1cc(F)ccc1F)c1ccc(Cl)c(Cl)c1. The molecule has 6 heteroatoms. The summed E-state index contributed by atoms with van der Waals surface area (Å²) in [4.78, 5) is 11.8. The zero-order chi connectivity index (χ0) is 14.7. The molecule has 104 valence electrons. The van der Waals surface area contributed by atoms with Crippen molar-refractivity contribution < 1.29 is 18.3 Å². The van der Waals surface area contributed by atoms with E-state index in [4.69, 9.17) is 27.9 Å². The Morgan fingerprint density at radius 2 is 1.80 bits per heavy atom. The fourth-order valence-electron chi connectivity index (χ4n) is 1.48. The number of halogens is 4. The molecule has 0 aliphatic carbocycles. The maximum absolute atomic E-state index is 13.3. The van der Waals surface area contributed by atoms with E-state index in [1.807, 2.05) is 0 Å². The molecule has 0 amide bonds. The third-order valence-corrected chi connectivity index (χ3v) is 3.23. The zero-order valence-electron chi connectivity index (χ0n) is 10.00. The molecule has 0 aromatic heterocycles. The van der Waals surface area contributed by atoms with Crippen LogP contribution in [0.2, 0.25) is 10.0 Å². The standard InChI is InChI=1S/C14H8Cl2F2O2/c15-10-3-1-8(5-11(10)16)13(19)7-20-14-6-9(17)2-4-12(14)18/h1-6H,7H2. The van der Waals surface area contributed by atoms with E-state index in [0.29, 0.717) is 5.02 Å². The molecular formula is C14H8Cl2F2O2. The molecule has 0 aliphatic heterocycles. The highest BCUT2D eigenvalue weighted by Crippen LogP contribution is 2.23. The number of rotatable bonds is 4. The monoisotopic (exact) mass is 316 g/mol. The lowest BCUT2D eigenvalue weighted by Gasteiger charge is -2.07. The fourth-order valence-corrected chi connectivity index (χ4v) is 1.78. The van der Waals surface area contributed by atoms with Crippen LogP contribution in [0.25, 0.3) is 0 Å². The molecule has 2 aromatic rings. The van der Waals surface area contributed by atoms with Crippen molar-refractivity contribution in [3.63, 3.8) is 0 Å². The second kappa shape index (κ2) is 6.20. The molecule has 0 aliphatic rings. The van der Waals surface area contributed by atoms with Gasteiger partial charge in [0, 0.05) is 11.6 Å². The van der Waals surface area contributed by atoms with Crippen LogP contribution >= 0.6 is 23.2 Å². The third kappa shape index (κ3) is 3.46. The quantitative estimate of drug-likeness (QED) is 0.774. The number of carbonyl (C=O) groups excluding carboxylic acids is 1. The van der Waals surface area contributed by atoms with Crippen LogP contribution in [0, 0.1) is 11.6 Å². The van der Waals surface area contributed by atoms with Crippen molar-refractivity contribution in [2.45, 2.75) is 0 Å². The fraction of sp³-hybridized carbons (Fsp3) is 0.0714. The van der Waals surface area contributed by atoms with Gasteiger partial charge in [-0.05, 0) is 30.3 Å². The van der Waals surface area contributed by atoms with Crippen LogP contribution in [0.15, 0.2) is 36.4 Å². The van der Waals surface area contributed by atoms with Gasteiger partial charge < -0.3 is 4.74 Å². The van der Waals surface area contributed by atoms with Gasteiger partial charge in [0.1, 0.15) is 5.82 Å². The van der Waals surface area contributed by atoms with Gasteiger partial charge in [0.25, 0.3) is 0 Å². The summed E-state index contributed by atoms with van der Waals surface area (Å²) in [6, 6.07) is 7.09. The Morgan fingerprint density at radius 1 is 1.05 bits per heavy atom. The second-order valence-electron chi connectivity index (χ2n) is 3.92. The van der Waals surface area contributed by atoms with Gasteiger partial charge in [-0.3, -0.25) is 4.79 Å². The lowest BCUT2D eigenvalue weighted by molar-refractivity contribution is 0.0918. The third-order valence-electron chi connectivity index (χ3n) is 2.49. The van der Waals surface area contributed by atoms with E-state index < -0.39 is 24.0 Å². The predicted molar refractivity (Wildman–Crippen MR) is 72.6 cm³/mol. The molecule has 0 saturated heterocycles. The minimum Gasteiger partial charge on any atom is -0.482 e. The Labute approximate surface area is 123 Å². The number of ketones is 1. The normalized spacial score (nSPS) is 10.4. The van der Waals surface area contributed by atoms with E-state index in [2.05, 4.69) is 0 Å². The minimum absolute atomic E-state index is 0.231. The zero-order valence-corrected chi connectivity index (χ0v) is 11.5. The molecule has 0 atom stereocenters. The van der Waals surface area contributed by atoms with Gasteiger partial charge >= 0.3 is 0 Å². The molecule has 0 fully saturated rings. The first kappa shape index (κ1) is 14.8. The summed E-state index contributed by atoms with van der Waals surface area (Å²) in [5.41, 5.74) is 0.274. The first-order chi connectivity index (χ1) is 9.47. The van der Waals surface area contributed by atoms with Gasteiger partial charge in [0.2, 0.25) is 0 Å². The van der Waals surface area contributed by atoms with Gasteiger partial charge in [-0.15, -0.1) is 0 Å². The molecule has 0 heterocycles. The number of benzene rings is 2. The van der Waals surface area contributed by atoms with Crippen molar-refractivity contribution >= 4 is 29.0 Å². The molecule has 2 aromatic carbocycles. The average Bonchev–Trinajstić information content (AvgIpc) is 2.42. The highest BCUT2D eigenvalue weighted by Gasteiger charge is 2.11. The van der Waals surface area contributed by atoms with Crippen molar-refractivity contribution in [2.75, 3.05) is 6.61 Å². The number of ether oxygens (including phenoxy) is 1. The minimum atomic E-state index is -0.742. The van der Waals surface area contributed by atoms with Crippen LogP contribution in [0.4, 0.5) is 8.78 Å².